The predicted octanol–water partition coefficient (Wildman–Crippen LogP) is 4.59. The molecule has 0 bridgehead atoms. The fourth-order valence-electron chi connectivity index (χ4n) is 3.84. The molecule has 0 unspecified atom stereocenters. The van der Waals surface area contributed by atoms with Gasteiger partial charge < -0.3 is 14.8 Å². The minimum absolute atomic E-state index is 0.0544. The van der Waals surface area contributed by atoms with E-state index in [-0.39, 0.29) is 17.4 Å². The molecule has 0 atom stereocenters. The average Bonchev–Trinajstić information content (AvgIpc) is 3.35. The number of nitrogens with zero attached hydrogens (tertiary/aromatic N) is 3. The summed E-state index contributed by atoms with van der Waals surface area (Å²) in [6.07, 6.45) is 4.01. The number of rotatable bonds is 3. The van der Waals surface area contributed by atoms with Crippen LogP contribution in [0.3, 0.4) is 0 Å². The van der Waals surface area contributed by atoms with Gasteiger partial charge >= 0.3 is 0 Å². The van der Waals surface area contributed by atoms with E-state index in [1.807, 2.05) is 40.8 Å². The second-order valence-corrected chi connectivity index (χ2v) is 8.97. The Bertz CT molecular complexity index is 1100. The summed E-state index contributed by atoms with van der Waals surface area (Å²) in [6.45, 7) is 9.83. The van der Waals surface area contributed by atoms with E-state index in [1.54, 1.807) is 18.2 Å². The molecule has 6 nitrogen and oxygen atoms in total. The van der Waals surface area contributed by atoms with Gasteiger partial charge in [-0.25, -0.2) is 4.98 Å². The SMILES string of the molecule is Cc1ccc(C(=O)Nc2ccc3c(C(=O)N4CCCC4)cn(C(C)(C)C)c3n2)cc1. The number of fused-ring (bicyclic) bond motifs is 1. The number of carbonyl (C=O) groups is 2. The number of pyridine rings is 1. The van der Waals surface area contributed by atoms with E-state index in [1.165, 1.54) is 0 Å². The van der Waals surface area contributed by atoms with Crippen molar-refractivity contribution in [1.29, 1.82) is 0 Å². The van der Waals surface area contributed by atoms with E-state index < -0.39 is 0 Å². The lowest BCUT2D eigenvalue weighted by atomic mass is 10.1. The summed E-state index contributed by atoms with van der Waals surface area (Å²) in [6, 6.07) is 11.1. The third-order valence-corrected chi connectivity index (χ3v) is 5.55. The molecule has 0 radical (unpaired) electrons. The maximum atomic E-state index is 13.1. The third kappa shape index (κ3) is 3.82. The molecule has 1 aliphatic heterocycles. The molecule has 3 aromatic rings. The summed E-state index contributed by atoms with van der Waals surface area (Å²) in [5.74, 6) is 0.319. The van der Waals surface area contributed by atoms with E-state index in [9.17, 15) is 9.59 Å². The van der Waals surface area contributed by atoms with Crippen LogP contribution in [0.25, 0.3) is 11.0 Å². The van der Waals surface area contributed by atoms with Crippen molar-refractivity contribution in [1.82, 2.24) is 14.5 Å². The van der Waals surface area contributed by atoms with Crippen LogP contribution in [-0.2, 0) is 5.54 Å². The Morgan fingerprint density at radius 2 is 1.67 bits per heavy atom. The van der Waals surface area contributed by atoms with E-state index in [0.717, 1.165) is 36.9 Å². The van der Waals surface area contributed by atoms with Crippen LogP contribution in [0.1, 0.15) is 59.9 Å². The number of likely N-dealkylation sites (tertiary alicyclic amines) is 1. The summed E-state index contributed by atoms with van der Waals surface area (Å²) >= 11 is 0. The molecular weight excluding hydrogens is 376 g/mol. The van der Waals surface area contributed by atoms with E-state index in [4.69, 9.17) is 4.98 Å². The van der Waals surface area contributed by atoms with Crippen molar-refractivity contribution >= 4 is 28.7 Å². The number of hydrogen-bond acceptors (Lipinski definition) is 3. The average molecular weight is 405 g/mol. The summed E-state index contributed by atoms with van der Waals surface area (Å²) in [4.78, 5) is 32.3. The lowest BCUT2D eigenvalue weighted by molar-refractivity contribution is 0.0794. The zero-order valence-corrected chi connectivity index (χ0v) is 18.0. The fraction of sp³-hybridized carbons (Fsp3) is 0.375. The highest BCUT2D eigenvalue weighted by molar-refractivity contribution is 6.08. The first-order chi connectivity index (χ1) is 14.2. The van der Waals surface area contributed by atoms with Crippen molar-refractivity contribution in [3.8, 4) is 0 Å². The Balaban J connectivity index is 1.71. The van der Waals surface area contributed by atoms with Crippen LogP contribution in [-0.4, -0.2) is 39.4 Å². The van der Waals surface area contributed by atoms with Gasteiger partial charge in [-0.2, -0.15) is 0 Å². The molecule has 0 aliphatic carbocycles. The minimum Gasteiger partial charge on any atom is -0.339 e. The Hall–Kier alpha value is -3.15. The molecule has 1 aromatic carbocycles. The van der Waals surface area contributed by atoms with Gasteiger partial charge in [0, 0.05) is 35.8 Å². The number of amides is 2. The highest BCUT2D eigenvalue weighted by atomic mass is 16.2. The Labute approximate surface area is 176 Å². The predicted molar refractivity (Wildman–Crippen MR) is 119 cm³/mol. The summed E-state index contributed by atoms with van der Waals surface area (Å²) < 4.78 is 2.02. The topological polar surface area (TPSA) is 67.2 Å². The number of anilines is 1. The maximum Gasteiger partial charge on any atom is 0.256 e. The molecule has 2 aromatic heterocycles. The minimum atomic E-state index is -0.256. The number of benzene rings is 1. The molecule has 0 saturated carbocycles. The van der Waals surface area contributed by atoms with Crippen LogP contribution in [0.5, 0.6) is 0 Å². The van der Waals surface area contributed by atoms with Crippen LogP contribution in [0.15, 0.2) is 42.6 Å². The van der Waals surface area contributed by atoms with Crippen molar-refractivity contribution < 1.29 is 9.59 Å². The summed E-state index contributed by atoms with van der Waals surface area (Å²) in [5, 5.41) is 3.70. The molecular formula is C24H28N4O2. The molecule has 1 N–H and O–H groups in total. The van der Waals surface area contributed by atoms with Crippen LogP contribution < -0.4 is 5.32 Å². The van der Waals surface area contributed by atoms with Gasteiger partial charge in [-0.3, -0.25) is 9.59 Å². The highest BCUT2D eigenvalue weighted by Gasteiger charge is 2.27. The second-order valence-electron chi connectivity index (χ2n) is 8.97. The van der Waals surface area contributed by atoms with Gasteiger partial charge in [0.05, 0.1) is 5.56 Å². The largest absolute Gasteiger partial charge is 0.339 e. The number of aromatic nitrogens is 2. The highest BCUT2D eigenvalue weighted by Crippen LogP contribution is 2.29. The molecule has 1 saturated heterocycles. The molecule has 30 heavy (non-hydrogen) atoms. The van der Waals surface area contributed by atoms with Crippen molar-refractivity contribution in [2.75, 3.05) is 18.4 Å². The quantitative estimate of drug-likeness (QED) is 0.694. The van der Waals surface area contributed by atoms with Crippen molar-refractivity contribution in [3.05, 3.63) is 59.3 Å². The number of aryl methyl sites for hydroxylation is 1. The zero-order valence-electron chi connectivity index (χ0n) is 18.0. The van der Waals surface area contributed by atoms with E-state index >= 15 is 0 Å². The van der Waals surface area contributed by atoms with Crippen LogP contribution >= 0.6 is 0 Å². The van der Waals surface area contributed by atoms with Crippen molar-refractivity contribution in [2.45, 2.75) is 46.1 Å². The van der Waals surface area contributed by atoms with Crippen LogP contribution in [0.2, 0.25) is 0 Å². The normalized spacial score (nSPS) is 14.3. The molecule has 156 valence electrons. The number of nitrogens with one attached hydrogen (secondary N) is 1. The first-order valence-corrected chi connectivity index (χ1v) is 10.4. The number of hydrogen-bond donors (Lipinski definition) is 1. The van der Waals surface area contributed by atoms with Gasteiger partial charge in [0.15, 0.2) is 0 Å². The monoisotopic (exact) mass is 404 g/mol. The Kier molecular flexibility index (Phi) is 5.10. The molecule has 1 aliphatic rings. The smallest absolute Gasteiger partial charge is 0.256 e. The Morgan fingerprint density at radius 1 is 1.00 bits per heavy atom. The molecule has 4 rings (SSSR count). The zero-order chi connectivity index (χ0) is 21.5. The number of carbonyl (C=O) groups excluding carboxylic acids is 2. The summed E-state index contributed by atoms with van der Waals surface area (Å²) in [5.41, 5.74) is 2.80. The Morgan fingerprint density at radius 3 is 2.30 bits per heavy atom. The molecule has 3 heterocycles. The third-order valence-electron chi connectivity index (χ3n) is 5.55. The van der Waals surface area contributed by atoms with E-state index in [2.05, 4.69) is 26.1 Å². The second kappa shape index (κ2) is 7.59. The van der Waals surface area contributed by atoms with Gasteiger partial charge in [0.1, 0.15) is 11.5 Å². The van der Waals surface area contributed by atoms with Crippen LogP contribution in [0.4, 0.5) is 5.82 Å². The molecule has 2 amide bonds. The maximum absolute atomic E-state index is 13.1. The fourth-order valence-corrected chi connectivity index (χ4v) is 3.84. The van der Waals surface area contributed by atoms with Crippen molar-refractivity contribution in [2.24, 2.45) is 0 Å². The van der Waals surface area contributed by atoms with Crippen LogP contribution in [0, 0.1) is 6.92 Å². The van der Waals surface area contributed by atoms with Gasteiger partial charge in [-0.1, -0.05) is 17.7 Å². The molecule has 6 heteroatoms. The lowest BCUT2D eigenvalue weighted by Crippen LogP contribution is -2.27. The first kappa shape index (κ1) is 20.1. The van der Waals surface area contributed by atoms with Crippen molar-refractivity contribution in [3.63, 3.8) is 0 Å². The van der Waals surface area contributed by atoms with Gasteiger partial charge in [0.25, 0.3) is 11.8 Å². The summed E-state index contributed by atoms with van der Waals surface area (Å²) in [7, 11) is 0. The van der Waals surface area contributed by atoms with E-state index in [0.29, 0.717) is 22.6 Å². The van der Waals surface area contributed by atoms with Gasteiger partial charge in [0.2, 0.25) is 0 Å². The molecule has 1 fully saturated rings. The first-order valence-electron chi connectivity index (χ1n) is 10.4. The van der Waals surface area contributed by atoms with Gasteiger partial charge in [-0.05, 0) is 64.8 Å². The lowest BCUT2D eigenvalue weighted by Gasteiger charge is -2.22. The molecule has 0 spiro atoms. The van der Waals surface area contributed by atoms with Gasteiger partial charge in [-0.15, -0.1) is 0 Å². The standard InChI is InChI=1S/C24H28N4O2/c1-16-7-9-17(10-8-16)22(29)26-20-12-11-18-19(23(30)27-13-5-6-14-27)15-28(21(18)25-20)24(2,3)4/h7-12,15H,5-6,13-14H2,1-4H3,(H,25,26,29).